The summed E-state index contributed by atoms with van der Waals surface area (Å²) in [5, 5.41) is 5.45. The first kappa shape index (κ1) is 39.9. The lowest BCUT2D eigenvalue weighted by atomic mass is 9.90. The fourth-order valence-electron chi connectivity index (χ4n) is 8.03. The molecule has 5 heterocycles. The zero-order valence-electron chi connectivity index (χ0n) is 33.6. The standard InChI is InChI=1S/C39H54FN7O8Si/c1-37(2,3)53-35(50)46-12-9-28(55-56(7,8)38(4,5)6)31(46)33(49)42-25-17-24-15-23(16-26(24)27(40)18-25)20-45-13-10-39(11-14-45)22-47(36(51)54-39)29-19-41-34-32(43-29)44-30(48)21-52-34/h17-19,23,28,31H,9-16,20-22H2,1-8H3,(H,42,49)(H,43,44,48)/t23?,28-,31-/m0/s1. The number of hydrogen-bond donors (Lipinski definition) is 2. The minimum atomic E-state index is -2.31. The van der Waals surface area contributed by atoms with E-state index in [4.69, 9.17) is 18.6 Å². The van der Waals surface area contributed by atoms with Gasteiger partial charge in [0.2, 0.25) is 5.91 Å². The van der Waals surface area contributed by atoms with Crippen molar-refractivity contribution in [1.29, 1.82) is 0 Å². The fraction of sp³-hybridized carbons (Fsp3) is 0.641. The molecule has 15 nitrogen and oxygen atoms in total. The average molecular weight is 796 g/mol. The largest absolute Gasteiger partial charge is 0.465 e. The number of benzene rings is 1. The summed E-state index contributed by atoms with van der Waals surface area (Å²) in [5.74, 6) is -0.310. The van der Waals surface area contributed by atoms with Crippen LogP contribution in [0.4, 0.5) is 31.3 Å². The third kappa shape index (κ3) is 8.21. The molecule has 7 rings (SSSR count). The Morgan fingerprint density at radius 2 is 1.82 bits per heavy atom. The maximum absolute atomic E-state index is 15.7. The van der Waals surface area contributed by atoms with E-state index in [-0.39, 0.29) is 46.8 Å². The number of amides is 4. The summed E-state index contributed by atoms with van der Waals surface area (Å²) in [6.07, 6.45) is 2.79. The normalized spacial score (nSPS) is 23.7. The van der Waals surface area contributed by atoms with E-state index in [0.29, 0.717) is 69.5 Å². The monoisotopic (exact) mass is 795 g/mol. The second-order valence-electron chi connectivity index (χ2n) is 18.3. The molecule has 0 radical (unpaired) electrons. The smallest absolute Gasteiger partial charge is 0.416 e. The molecule has 304 valence electrons. The maximum atomic E-state index is 15.7. The molecular formula is C39H54FN7O8Si. The minimum absolute atomic E-state index is 0.107. The van der Waals surface area contributed by atoms with Crippen molar-refractivity contribution in [2.45, 2.75) is 115 Å². The molecule has 0 saturated carbocycles. The number of fused-ring (bicyclic) bond motifs is 2. The highest BCUT2D eigenvalue weighted by Gasteiger charge is 2.50. The van der Waals surface area contributed by atoms with Crippen LogP contribution in [-0.2, 0) is 36.3 Å². The van der Waals surface area contributed by atoms with Gasteiger partial charge in [-0.1, -0.05) is 20.8 Å². The first-order chi connectivity index (χ1) is 26.2. The Labute approximate surface area is 328 Å². The van der Waals surface area contributed by atoms with Gasteiger partial charge in [0.1, 0.15) is 23.1 Å². The Hall–Kier alpha value is -4.35. The predicted octanol–water partition coefficient (Wildman–Crippen LogP) is 5.49. The van der Waals surface area contributed by atoms with Crippen LogP contribution in [0.1, 0.15) is 71.9 Å². The molecular weight excluding hydrogens is 742 g/mol. The summed E-state index contributed by atoms with van der Waals surface area (Å²) < 4.78 is 39.3. The van der Waals surface area contributed by atoms with Crippen molar-refractivity contribution in [3.63, 3.8) is 0 Å². The molecule has 17 heteroatoms. The quantitative estimate of drug-likeness (QED) is 0.341. The summed E-state index contributed by atoms with van der Waals surface area (Å²) in [6, 6.07) is 2.29. The number of rotatable bonds is 7. The topological polar surface area (TPSA) is 165 Å². The molecule has 2 N–H and O–H groups in total. The molecule has 1 spiro atoms. The summed E-state index contributed by atoms with van der Waals surface area (Å²) in [5.41, 5.74) is 0.449. The lowest BCUT2D eigenvalue weighted by molar-refractivity contribution is -0.122. The predicted molar refractivity (Wildman–Crippen MR) is 208 cm³/mol. The van der Waals surface area contributed by atoms with Gasteiger partial charge >= 0.3 is 12.2 Å². The molecule has 2 aromatic rings. The number of anilines is 3. The Morgan fingerprint density at radius 3 is 2.52 bits per heavy atom. The van der Waals surface area contributed by atoms with Gasteiger partial charge in [-0.3, -0.25) is 19.4 Å². The molecule has 3 atom stereocenters. The number of nitrogens with one attached hydrogen (secondary N) is 2. The number of carbonyl (C=O) groups excluding carboxylic acids is 4. The number of carbonyl (C=O) groups is 4. The van der Waals surface area contributed by atoms with Gasteiger partial charge < -0.3 is 34.2 Å². The van der Waals surface area contributed by atoms with Crippen molar-refractivity contribution in [2.75, 3.05) is 54.9 Å². The number of hydrogen-bond acceptors (Lipinski definition) is 11. The first-order valence-electron chi connectivity index (χ1n) is 19.5. The molecule has 4 amide bonds. The molecule has 1 aliphatic carbocycles. The van der Waals surface area contributed by atoms with Crippen LogP contribution in [0.15, 0.2) is 18.3 Å². The Kier molecular flexibility index (Phi) is 10.4. The van der Waals surface area contributed by atoms with Gasteiger partial charge in [0.05, 0.1) is 18.8 Å². The fourth-order valence-corrected chi connectivity index (χ4v) is 9.39. The first-order valence-corrected chi connectivity index (χ1v) is 22.4. The van der Waals surface area contributed by atoms with Crippen LogP contribution >= 0.6 is 0 Å². The minimum Gasteiger partial charge on any atom is -0.465 e. The molecule has 5 aliphatic rings. The molecule has 1 aromatic carbocycles. The van der Waals surface area contributed by atoms with Crippen LogP contribution in [0.25, 0.3) is 0 Å². The highest BCUT2D eigenvalue weighted by molar-refractivity contribution is 6.74. The van der Waals surface area contributed by atoms with Crippen molar-refractivity contribution in [2.24, 2.45) is 5.92 Å². The van der Waals surface area contributed by atoms with E-state index in [1.54, 1.807) is 20.8 Å². The van der Waals surface area contributed by atoms with Gasteiger partial charge in [0.15, 0.2) is 26.6 Å². The van der Waals surface area contributed by atoms with Crippen LogP contribution in [-0.4, -0.2) is 115 Å². The number of halogens is 1. The van der Waals surface area contributed by atoms with E-state index < -0.39 is 49.8 Å². The number of aromatic nitrogens is 2. The van der Waals surface area contributed by atoms with Gasteiger partial charge in [-0.25, -0.2) is 23.9 Å². The SMILES string of the molecule is CC(C)(C)OC(=O)N1CC[C@H](O[Si](C)(C)C(C)(C)C)[C@H]1C(=O)Nc1cc(F)c2c(c1)CC(CN1CCC3(CC1)CN(c1cnc4c(n1)NC(=O)CO4)C(=O)O3)C2. The Balaban J connectivity index is 0.970. The second-order valence-corrected chi connectivity index (χ2v) is 23.1. The van der Waals surface area contributed by atoms with Crippen molar-refractivity contribution < 1.29 is 42.2 Å². The third-order valence-corrected chi connectivity index (χ3v) is 16.4. The van der Waals surface area contributed by atoms with E-state index in [0.717, 1.165) is 12.1 Å². The van der Waals surface area contributed by atoms with Gasteiger partial charge in [0, 0.05) is 44.7 Å². The molecule has 56 heavy (non-hydrogen) atoms. The highest BCUT2D eigenvalue weighted by Crippen LogP contribution is 2.41. The molecule has 3 saturated heterocycles. The molecule has 1 unspecified atom stereocenters. The Morgan fingerprint density at radius 1 is 1.09 bits per heavy atom. The van der Waals surface area contributed by atoms with Crippen LogP contribution in [0.5, 0.6) is 5.88 Å². The lowest BCUT2D eigenvalue weighted by Gasteiger charge is -2.40. The number of ether oxygens (including phenoxy) is 3. The van der Waals surface area contributed by atoms with E-state index in [2.05, 4.69) is 59.4 Å². The summed E-state index contributed by atoms with van der Waals surface area (Å²) in [4.78, 5) is 66.0. The molecule has 1 aromatic heterocycles. The summed E-state index contributed by atoms with van der Waals surface area (Å²) in [6.45, 7) is 18.6. The molecule has 0 bridgehead atoms. The Bertz CT molecular complexity index is 1910. The van der Waals surface area contributed by atoms with Gasteiger partial charge in [-0.05, 0) is 87.3 Å². The van der Waals surface area contributed by atoms with E-state index in [9.17, 15) is 19.2 Å². The highest BCUT2D eigenvalue weighted by atomic mass is 28.4. The molecule has 3 fully saturated rings. The van der Waals surface area contributed by atoms with Crippen LogP contribution < -0.4 is 20.3 Å². The third-order valence-electron chi connectivity index (χ3n) is 11.9. The average Bonchev–Trinajstić information content (AvgIpc) is 3.79. The lowest BCUT2D eigenvalue weighted by Crippen LogP contribution is -2.53. The van der Waals surface area contributed by atoms with E-state index in [1.807, 2.05) is 6.07 Å². The summed E-state index contributed by atoms with van der Waals surface area (Å²) in [7, 11) is -2.31. The van der Waals surface area contributed by atoms with Crippen LogP contribution in [0, 0.1) is 11.7 Å². The zero-order valence-corrected chi connectivity index (χ0v) is 34.6. The maximum Gasteiger partial charge on any atom is 0.416 e. The van der Waals surface area contributed by atoms with Crippen LogP contribution in [0.3, 0.4) is 0 Å². The number of nitrogens with zero attached hydrogens (tertiary/aromatic N) is 5. The van der Waals surface area contributed by atoms with Gasteiger partial charge in [-0.2, -0.15) is 0 Å². The van der Waals surface area contributed by atoms with Crippen molar-refractivity contribution in [3.8, 4) is 5.88 Å². The van der Waals surface area contributed by atoms with Gasteiger partial charge in [0.25, 0.3) is 11.8 Å². The van der Waals surface area contributed by atoms with Crippen molar-refractivity contribution in [1.82, 2.24) is 19.8 Å². The van der Waals surface area contributed by atoms with E-state index >= 15 is 4.39 Å². The van der Waals surface area contributed by atoms with Gasteiger partial charge in [-0.15, -0.1) is 0 Å². The van der Waals surface area contributed by atoms with Crippen molar-refractivity contribution >= 4 is 49.6 Å². The zero-order chi connectivity index (χ0) is 40.4. The second kappa shape index (κ2) is 14.5. The van der Waals surface area contributed by atoms with E-state index in [1.165, 1.54) is 22.1 Å². The molecule has 4 aliphatic heterocycles. The summed E-state index contributed by atoms with van der Waals surface area (Å²) >= 11 is 0. The number of likely N-dealkylation sites (tertiary alicyclic amines) is 2. The van der Waals surface area contributed by atoms with Crippen LogP contribution in [0.2, 0.25) is 18.1 Å². The number of piperidine rings is 1. The van der Waals surface area contributed by atoms with Crippen molar-refractivity contribution in [3.05, 3.63) is 35.3 Å².